The molecule has 0 saturated heterocycles. The Bertz CT molecular complexity index is 195. The van der Waals surface area contributed by atoms with Crippen molar-refractivity contribution in [1.29, 1.82) is 0 Å². The maximum Gasteiger partial charge on any atom is 0.225 e. The molecule has 3 heteroatoms. The van der Waals surface area contributed by atoms with Crippen LogP contribution in [0.3, 0.4) is 0 Å². The zero-order valence-corrected chi connectivity index (χ0v) is 9.31. The molecule has 0 bridgehead atoms. The molecule has 0 spiro atoms. The first-order valence-electron chi connectivity index (χ1n) is 5.57. The Morgan fingerprint density at radius 2 is 2.00 bits per heavy atom. The number of nitrogens with one attached hydrogen (secondary N) is 1. The quantitative estimate of drug-likeness (QED) is 0.715. The third-order valence-electron chi connectivity index (χ3n) is 3.39. The van der Waals surface area contributed by atoms with Crippen molar-refractivity contribution in [2.45, 2.75) is 39.5 Å². The van der Waals surface area contributed by atoms with E-state index in [0.29, 0.717) is 19.0 Å². The number of hydrogen-bond acceptors (Lipinski definition) is 2. The van der Waals surface area contributed by atoms with E-state index in [0.717, 1.165) is 0 Å². The molecule has 0 unspecified atom stereocenters. The monoisotopic (exact) mass is 198 g/mol. The van der Waals surface area contributed by atoms with Gasteiger partial charge in [0, 0.05) is 18.5 Å². The van der Waals surface area contributed by atoms with E-state index in [1.54, 1.807) is 0 Å². The minimum Gasteiger partial charge on any atom is -0.354 e. The van der Waals surface area contributed by atoms with E-state index in [1.165, 1.54) is 25.7 Å². The van der Waals surface area contributed by atoms with Crippen molar-refractivity contribution in [1.82, 2.24) is 5.32 Å². The molecule has 3 N–H and O–H groups in total. The van der Waals surface area contributed by atoms with E-state index in [4.69, 9.17) is 5.73 Å². The molecular formula is C11H22N2O. The normalized spacial score (nSPS) is 18.5. The summed E-state index contributed by atoms with van der Waals surface area (Å²) >= 11 is 0. The first-order valence-corrected chi connectivity index (χ1v) is 5.57. The van der Waals surface area contributed by atoms with Crippen molar-refractivity contribution < 1.29 is 4.79 Å². The standard InChI is InChI=1S/C11H22N2O/c1-11(2,9-5-3-4-6-9)10(14)13-8-7-12/h9H,3-8,12H2,1-2H3,(H,13,14). The number of carbonyl (C=O) groups excluding carboxylic acids is 1. The third-order valence-corrected chi connectivity index (χ3v) is 3.39. The van der Waals surface area contributed by atoms with Crippen LogP contribution in [0.2, 0.25) is 0 Å². The molecule has 0 aromatic heterocycles. The van der Waals surface area contributed by atoms with E-state index in [2.05, 4.69) is 19.2 Å². The highest BCUT2D eigenvalue weighted by Crippen LogP contribution is 2.39. The van der Waals surface area contributed by atoms with Gasteiger partial charge in [-0.25, -0.2) is 0 Å². The zero-order valence-electron chi connectivity index (χ0n) is 9.31. The van der Waals surface area contributed by atoms with Gasteiger partial charge in [0.2, 0.25) is 5.91 Å². The number of rotatable bonds is 4. The summed E-state index contributed by atoms with van der Waals surface area (Å²) in [4.78, 5) is 11.8. The van der Waals surface area contributed by atoms with Crippen LogP contribution in [0.5, 0.6) is 0 Å². The van der Waals surface area contributed by atoms with E-state index in [9.17, 15) is 4.79 Å². The summed E-state index contributed by atoms with van der Waals surface area (Å²) in [6, 6.07) is 0. The minimum atomic E-state index is -0.217. The molecule has 0 heterocycles. The molecule has 1 aliphatic rings. The molecule has 14 heavy (non-hydrogen) atoms. The third kappa shape index (κ3) is 2.47. The molecule has 0 aromatic carbocycles. The maximum absolute atomic E-state index is 11.8. The van der Waals surface area contributed by atoms with Gasteiger partial charge in [-0.3, -0.25) is 4.79 Å². The molecule has 1 amide bonds. The summed E-state index contributed by atoms with van der Waals surface area (Å²) in [5.74, 6) is 0.718. The van der Waals surface area contributed by atoms with Crippen LogP contribution in [0.25, 0.3) is 0 Å². The topological polar surface area (TPSA) is 55.1 Å². The second-order valence-electron chi connectivity index (χ2n) is 4.75. The van der Waals surface area contributed by atoms with Gasteiger partial charge in [0.1, 0.15) is 0 Å². The predicted octanol–water partition coefficient (Wildman–Crippen LogP) is 1.28. The minimum absolute atomic E-state index is 0.162. The van der Waals surface area contributed by atoms with Crippen molar-refractivity contribution in [3.63, 3.8) is 0 Å². The number of carbonyl (C=O) groups is 1. The largest absolute Gasteiger partial charge is 0.354 e. The SMILES string of the molecule is CC(C)(C(=O)NCCN)C1CCCC1. The van der Waals surface area contributed by atoms with Gasteiger partial charge in [-0.15, -0.1) is 0 Å². The van der Waals surface area contributed by atoms with E-state index in [1.807, 2.05) is 0 Å². The van der Waals surface area contributed by atoms with Gasteiger partial charge < -0.3 is 11.1 Å². The summed E-state index contributed by atoms with van der Waals surface area (Å²) in [6.45, 7) is 5.21. The van der Waals surface area contributed by atoms with Gasteiger partial charge in [0.25, 0.3) is 0 Å². The van der Waals surface area contributed by atoms with Gasteiger partial charge in [-0.05, 0) is 18.8 Å². The number of amides is 1. The van der Waals surface area contributed by atoms with Crippen LogP contribution < -0.4 is 11.1 Å². The summed E-state index contributed by atoms with van der Waals surface area (Å²) in [5, 5.41) is 2.89. The Morgan fingerprint density at radius 3 is 2.50 bits per heavy atom. The lowest BCUT2D eigenvalue weighted by atomic mass is 9.77. The average molecular weight is 198 g/mol. The molecule has 3 nitrogen and oxygen atoms in total. The van der Waals surface area contributed by atoms with Gasteiger partial charge in [0.15, 0.2) is 0 Å². The highest BCUT2D eigenvalue weighted by molar-refractivity contribution is 5.82. The second kappa shape index (κ2) is 4.78. The molecule has 0 aliphatic heterocycles. The van der Waals surface area contributed by atoms with Crippen molar-refractivity contribution >= 4 is 5.91 Å². The van der Waals surface area contributed by atoms with Gasteiger partial charge in [0.05, 0.1) is 0 Å². The zero-order chi connectivity index (χ0) is 10.6. The number of nitrogens with two attached hydrogens (primary N) is 1. The number of hydrogen-bond donors (Lipinski definition) is 2. The van der Waals surface area contributed by atoms with Gasteiger partial charge in [-0.1, -0.05) is 26.7 Å². The summed E-state index contributed by atoms with van der Waals surface area (Å²) in [5.41, 5.74) is 5.14. The Balaban J connectivity index is 2.49. The summed E-state index contributed by atoms with van der Waals surface area (Å²) in [6.07, 6.45) is 4.95. The van der Waals surface area contributed by atoms with Crippen LogP contribution >= 0.6 is 0 Å². The lowest BCUT2D eigenvalue weighted by Gasteiger charge is -2.30. The lowest BCUT2D eigenvalue weighted by Crippen LogP contribution is -2.42. The molecule has 0 aromatic rings. The Labute approximate surface area is 86.4 Å². The summed E-state index contributed by atoms with van der Waals surface area (Å²) in [7, 11) is 0. The molecule has 82 valence electrons. The molecule has 1 saturated carbocycles. The molecule has 1 aliphatic carbocycles. The van der Waals surface area contributed by atoms with Crippen molar-refractivity contribution in [3.05, 3.63) is 0 Å². The Morgan fingerprint density at radius 1 is 1.43 bits per heavy atom. The fourth-order valence-electron chi connectivity index (χ4n) is 2.25. The van der Waals surface area contributed by atoms with Crippen molar-refractivity contribution in [3.8, 4) is 0 Å². The highest BCUT2D eigenvalue weighted by Gasteiger charge is 2.37. The van der Waals surface area contributed by atoms with E-state index < -0.39 is 0 Å². The fraction of sp³-hybridized carbons (Fsp3) is 0.909. The smallest absolute Gasteiger partial charge is 0.225 e. The van der Waals surface area contributed by atoms with Crippen LogP contribution in [-0.2, 0) is 4.79 Å². The van der Waals surface area contributed by atoms with Crippen LogP contribution in [0.15, 0.2) is 0 Å². The predicted molar refractivity (Wildman–Crippen MR) is 57.8 cm³/mol. The first-order chi connectivity index (χ1) is 6.59. The lowest BCUT2D eigenvalue weighted by molar-refractivity contribution is -0.132. The summed E-state index contributed by atoms with van der Waals surface area (Å²) < 4.78 is 0. The van der Waals surface area contributed by atoms with Crippen LogP contribution in [0.4, 0.5) is 0 Å². The molecule has 0 atom stereocenters. The molecule has 1 fully saturated rings. The Hall–Kier alpha value is -0.570. The maximum atomic E-state index is 11.8. The molecular weight excluding hydrogens is 176 g/mol. The van der Waals surface area contributed by atoms with Crippen LogP contribution in [0.1, 0.15) is 39.5 Å². The Kier molecular flexibility index (Phi) is 3.93. The molecule has 1 rings (SSSR count). The second-order valence-corrected chi connectivity index (χ2v) is 4.75. The van der Waals surface area contributed by atoms with Crippen molar-refractivity contribution in [2.75, 3.05) is 13.1 Å². The van der Waals surface area contributed by atoms with Crippen LogP contribution in [0, 0.1) is 11.3 Å². The van der Waals surface area contributed by atoms with Crippen LogP contribution in [-0.4, -0.2) is 19.0 Å². The highest BCUT2D eigenvalue weighted by atomic mass is 16.2. The van der Waals surface area contributed by atoms with E-state index in [-0.39, 0.29) is 11.3 Å². The van der Waals surface area contributed by atoms with Gasteiger partial charge >= 0.3 is 0 Å². The fourth-order valence-corrected chi connectivity index (χ4v) is 2.25. The van der Waals surface area contributed by atoms with Crippen molar-refractivity contribution in [2.24, 2.45) is 17.1 Å². The average Bonchev–Trinajstić information content (AvgIpc) is 2.67. The van der Waals surface area contributed by atoms with Gasteiger partial charge in [-0.2, -0.15) is 0 Å². The van der Waals surface area contributed by atoms with E-state index >= 15 is 0 Å². The molecule has 0 radical (unpaired) electrons. The first kappa shape index (κ1) is 11.5.